The molecule has 22 heavy (non-hydrogen) atoms. The van der Waals surface area contributed by atoms with Gasteiger partial charge in [0.2, 0.25) is 0 Å². The van der Waals surface area contributed by atoms with Gasteiger partial charge in [0.1, 0.15) is 16.9 Å². The van der Waals surface area contributed by atoms with Gasteiger partial charge in [-0.05, 0) is 31.9 Å². The maximum absolute atomic E-state index is 12.5. The van der Waals surface area contributed by atoms with Crippen molar-refractivity contribution in [1.29, 1.82) is 0 Å². The molecule has 2 N–H and O–H groups in total. The Labute approximate surface area is 128 Å². The lowest BCUT2D eigenvalue weighted by Crippen LogP contribution is -2.55. The van der Waals surface area contributed by atoms with Gasteiger partial charge in [-0.3, -0.25) is 4.79 Å². The van der Waals surface area contributed by atoms with Crippen molar-refractivity contribution in [3.8, 4) is 0 Å². The summed E-state index contributed by atoms with van der Waals surface area (Å²) in [5.74, 6) is -1.38. The Morgan fingerprint density at radius 2 is 2.00 bits per heavy atom. The zero-order valence-electron chi connectivity index (χ0n) is 12.5. The highest BCUT2D eigenvalue weighted by Gasteiger charge is 2.41. The zero-order valence-corrected chi connectivity index (χ0v) is 12.5. The molecule has 116 valence electrons. The van der Waals surface area contributed by atoms with E-state index in [2.05, 4.69) is 10.3 Å². The highest BCUT2D eigenvalue weighted by atomic mass is 16.4. The van der Waals surface area contributed by atoms with Crippen LogP contribution in [-0.4, -0.2) is 31.9 Å². The van der Waals surface area contributed by atoms with Crippen LogP contribution in [0, 0.1) is 6.92 Å². The SMILES string of the molecule is Cc1cccc2nc(C(=O)NC3(C(=O)O)CCCCC3)cn12. The van der Waals surface area contributed by atoms with E-state index in [4.69, 9.17) is 0 Å². The average molecular weight is 301 g/mol. The third-order valence-electron chi connectivity index (χ3n) is 4.40. The summed E-state index contributed by atoms with van der Waals surface area (Å²) in [7, 11) is 0. The summed E-state index contributed by atoms with van der Waals surface area (Å²) in [6.07, 6.45) is 5.24. The predicted octanol–water partition coefficient (Wildman–Crippen LogP) is 2.16. The van der Waals surface area contributed by atoms with Crippen molar-refractivity contribution >= 4 is 17.5 Å². The first-order valence-corrected chi connectivity index (χ1v) is 7.52. The minimum absolute atomic E-state index is 0.250. The minimum Gasteiger partial charge on any atom is -0.480 e. The number of carboxylic acids is 1. The smallest absolute Gasteiger partial charge is 0.329 e. The molecule has 1 aliphatic rings. The molecule has 2 aromatic rings. The molecule has 0 aromatic carbocycles. The maximum Gasteiger partial charge on any atom is 0.329 e. The van der Waals surface area contributed by atoms with E-state index < -0.39 is 17.4 Å². The van der Waals surface area contributed by atoms with E-state index in [1.165, 1.54) is 0 Å². The van der Waals surface area contributed by atoms with Crippen LogP contribution in [0.4, 0.5) is 0 Å². The number of carboxylic acid groups (broad SMARTS) is 1. The molecule has 2 heterocycles. The Morgan fingerprint density at radius 1 is 1.27 bits per heavy atom. The lowest BCUT2D eigenvalue weighted by molar-refractivity contribution is -0.145. The van der Waals surface area contributed by atoms with Gasteiger partial charge >= 0.3 is 5.97 Å². The molecule has 0 atom stereocenters. The summed E-state index contributed by atoms with van der Waals surface area (Å²) in [5, 5.41) is 12.2. The summed E-state index contributed by atoms with van der Waals surface area (Å²) in [5.41, 5.74) is 0.744. The molecule has 1 amide bonds. The van der Waals surface area contributed by atoms with E-state index in [0.29, 0.717) is 18.5 Å². The van der Waals surface area contributed by atoms with Crippen molar-refractivity contribution in [3.05, 3.63) is 35.8 Å². The molecular weight excluding hydrogens is 282 g/mol. The van der Waals surface area contributed by atoms with Gasteiger partial charge in [-0.25, -0.2) is 9.78 Å². The van der Waals surface area contributed by atoms with Gasteiger partial charge in [-0.1, -0.05) is 25.3 Å². The van der Waals surface area contributed by atoms with Crippen LogP contribution in [0.3, 0.4) is 0 Å². The number of amides is 1. The number of rotatable bonds is 3. The lowest BCUT2D eigenvalue weighted by Gasteiger charge is -2.33. The third kappa shape index (κ3) is 2.45. The normalized spacial score (nSPS) is 17.3. The van der Waals surface area contributed by atoms with E-state index in [9.17, 15) is 14.7 Å². The number of nitrogens with one attached hydrogen (secondary N) is 1. The maximum atomic E-state index is 12.5. The predicted molar refractivity (Wildman–Crippen MR) is 80.8 cm³/mol. The van der Waals surface area contributed by atoms with E-state index >= 15 is 0 Å². The molecule has 6 heteroatoms. The fourth-order valence-corrected chi connectivity index (χ4v) is 3.09. The van der Waals surface area contributed by atoms with Crippen LogP contribution in [0.1, 0.15) is 48.3 Å². The number of hydrogen-bond acceptors (Lipinski definition) is 3. The van der Waals surface area contributed by atoms with Crippen LogP contribution in [0.2, 0.25) is 0 Å². The fourth-order valence-electron chi connectivity index (χ4n) is 3.09. The van der Waals surface area contributed by atoms with Crippen LogP contribution < -0.4 is 5.32 Å². The molecule has 1 fully saturated rings. The summed E-state index contributed by atoms with van der Waals surface area (Å²) < 4.78 is 1.82. The number of aliphatic carboxylic acids is 1. The van der Waals surface area contributed by atoms with Crippen LogP contribution in [0.5, 0.6) is 0 Å². The van der Waals surface area contributed by atoms with Crippen molar-refractivity contribution in [3.63, 3.8) is 0 Å². The molecule has 0 bridgehead atoms. The first-order chi connectivity index (χ1) is 10.5. The molecule has 0 radical (unpaired) electrons. The monoisotopic (exact) mass is 301 g/mol. The van der Waals surface area contributed by atoms with Crippen molar-refractivity contribution < 1.29 is 14.7 Å². The number of pyridine rings is 1. The first-order valence-electron chi connectivity index (χ1n) is 7.52. The largest absolute Gasteiger partial charge is 0.480 e. The lowest BCUT2D eigenvalue weighted by atomic mass is 9.81. The fraction of sp³-hybridized carbons (Fsp3) is 0.438. The van der Waals surface area contributed by atoms with Gasteiger partial charge < -0.3 is 14.8 Å². The number of hydrogen-bond donors (Lipinski definition) is 2. The Kier molecular flexibility index (Phi) is 3.60. The quantitative estimate of drug-likeness (QED) is 0.910. The summed E-state index contributed by atoms with van der Waals surface area (Å²) in [6.45, 7) is 1.93. The number of fused-ring (bicyclic) bond motifs is 1. The molecule has 1 saturated carbocycles. The molecule has 2 aromatic heterocycles. The van der Waals surface area contributed by atoms with Crippen molar-refractivity contribution in [1.82, 2.24) is 14.7 Å². The van der Waals surface area contributed by atoms with Crippen LogP contribution >= 0.6 is 0 Å². The highest BCUT2D eigenvalue weighted by Crippen LogP contribution is 2.28. The summed E-state index contributed by atoms with van der Waals surface area (Å²) >= 11 is 0. The van der Waals surface area contributed by atoms with Gasteiger partial charge in [0.05, 0.1) is 0 Å². The molecule has 0 saturated heterocycles. The van der Waals surface area contributed by atoms with Crippen LogP contribution in [-0.2, 0) is 4.79 Å². The first kappa shape index (κ1) is 14.6. The number of carbonyl (C=O) groups excluding carboxylic acids is 1. The molecular formula is C16H19N3O3. The topological polar surface area (TPSA) is 83.7 Å². The Bertz CT molecular complexity index is 729. The highest BCUT2D eigenvalue weighted by molar-refractivity contribution is 5.96. The molecule has 6 nitrogen and oxygen atoms in total. The van der Waals surface area contributed by atoms with Gasteiger partial charge in [0.15, 0.2) is 0 Å². The summed E-state index contributed by atoms with van der Waals surface area (Å²) in [6, 6.07) is 5.62. The second kappa shape index (κ2) is 5.44. The van der Waals surface area contributed by atoms with Crippen molar-refractivity contribution in [2.45, 2.75) is 44.6 Å². The standard InChI is InChI=1S/C16H19N3O3/c1-11-6-5-7-13-17-12(10-19(11)13)14(20)18-16(15(21)22)8-3-2-4-9-16/h5-7,10H,2-4,8-9H2,1H3,(H,18,20)(H,21,22). The number of nitrogens with zero attached hydrogens (tertiary/aromatic N) is 2. The number of aryl methyl sites for hydroxylation is 1. The van der Waals surface area contributed by atoms with E-state index in [1.807, 2.05) is 29.5 Å². The third-order valence-corrected chi connectivity index (χ3v) is 4.40. The van der Waals surface area contributed by atoms with Gasteiger partial charge in [-0.2, -0.15) is 0 Å². The minimum atomic E-state index is -1.15. The number of imidazole rings is 1. The van der Waals surface area contributed by atoms with Crippen LogP contribution in [0.15, 0.2) is 24.4 Å². The van der Waals surface area contributed by atoms with Gasteiger partial charge in [0, 0.05) is 11.9 Å². The Morgan fingerprint density at radius 3 is 2.64 bits per heavy atom. The second-order valence-electron chi connectivity index (χ2n) is 5.92. The number of carbonyl (C=O) groups is 2. The Balaban J connectivity index is 1.88. The van der Waals surface area contributed by atoms with Crippen LogP contribution in [0.25, 0.3) is 5.65 Å². The van der Waals surface area contributed by atoms with E-state index in [0.717, 1.165) is 25.0 Å². The molecule has 0 spiro atoms. The van der Waals surface area contributed by atoms with Gasteiger partial charge in [0.25, 0.3) is 5.91 Å². The van der Waals surface area contributed by atoms with E-state index in [1.54, 1.807) is 6.20 Å². The van der Waals surface area contributed by atoms with Crippen molar-refractivity contribution in [2.24, 2.45) is 0 Å². The second-order valence-corrected chi connectivity index (χ2v) is 5.92. The Hall–Kier alpha value is -2.37. The number of aromatic nitrogens is 2. The molecule has 1 aliphatic carbocycles. The zero-order chi connectivity index (χ0) is 15.7. The molecule has 0 unspecified atom stereocenters. The summed E-state index contributed by atoms with van der Waals surface area (Å²) in [4.78, 5) is 28.4. The average Bonchev–Trinajstić information content (AvgIpc) is 2.94. The molecule has 0 aliphatic heterocycles. The van der Waals surface area contributed by atoms with E-state index in [-0.39, 0.29) is 5.69 Å². The van der Waals surface area contributed by atoms with Crippen molar-refractivity contribution in [2.75, 3.05) is 0 Å². The molecule has 3 rings (SSSR count). The van der Waals surface area contributed by atoms with Gasteiger partial charge in [-0.15, -0.1) is 0 Å².